The number of carbonyl (C=O) groups is 2. The van der Waals surface area contributed by atoms with Crippen molar-refractivity contribution in [3.05, 3.63) is 28.8 Å². The van der Waals surface area contributed by atoms with Gasteiger partial charge in [0, 0.05) is 12.8 Å². The van der Waals surface area contributed by atoms with Gasteiger partial charge in [0.1, 0.15) is 5.75 Å². The first-order valence-corrected chi connectivity index (χ1v) is 11.0. The second kappa shape index (κ2) is 15.4. The summed E-state index contributed by atoms with van der Waals surface area (Å²) in [6.45, 7) is 4.66. The van der Waals surface area contributed by atoms with Crippen LogP contribution in [0.4, 0.5) is 0 Å². The highest BCUT2D eigenvalue weighted by Gasteiger charge is 2.08. The van der Waals surface area contributed by atoms with E-state index in [0.717, 1.165) is 56.9 Å². The molecule has 5 heteroatoms. The molecule has 0 aliphatic carbocycles. The molecule has 158 valence electrons. The van der Waals surface area contributed by atoms with Crippen LogP contribution in [0.1, 0.15) is 89.5 Å². The van der Waals surface area contributed by atoms with Gasteiger partial charge in [-0.2, -0.15) is 0 Å². The molecule has 1 rings (SSSR count). The van der Waals surface area contributed by atoms with Crippen LogP contribution in [0.2, 0.25) is 5.02 Å². The minimum absolute atomic E-state index is 0.0750. The maximum Gasteiger partial charge on any atom is 0.311 e. The fourth-order valence-electron chi connectivity index (χ4n) is 2.90. The third kappa shape index (κ3) is 12.0. The summed E-state index contributed by atoms with van der Waals surface area (Å²) in [7, 11) is 0. The van der Waals surface area contributed by atoms with Gasteiger partial charge in [-0.25, -0.2) is 0 Å². The van der Waals surface area contributed by atoms with Crippen LogP contribution in [-0.4, -0.2) is 18.5 Å². The van der Waals surface area contributed by atoms with Gasteiger partial charge >= 0.3 is 11.9 Å². The van der Waals surface area contributed by atoms with Crippen molar-refractivity contribution in [3.8, 4) is 5.75 Å². The van der Waals surface area contributed by atoms with Crippen molar-refractivity contribution in [2.75, 3.05) is 6.61 Å². The van der Waals surface area contributed by atoms with Crippen LogP contribution in [0, 0.1) is 6.92 Å². The molecule has 0 amide bonds. The number of carbonyl (C=O) groups excluding carboxylic acids is 2. The molecule has 0 N–H and O–H groups in total. The predicted octanol–water partition coefficient (Wildman–Crippen LogP) is 6.80. The monoisotopic (exact) mass is 410 g/mol. The zero-order chi connectivity index (χ0) is 20.6. The third-order valence-electron chi connectivity index (χ3n) is 4.58. The molecule has 0 aliphatic heterocycles. The maximum absolute atomic E-state index is 11.9. The second-order valence-electron chi connectivity index (χ2n) is 7.31. The first-order chi connectivity index (χ1) is 13.5. The molecule has 0 fully saturated rings. The van der Waals surface area contributed by atoms with Crippen molar-refractivity contribution in [1.82, 2.24) is 0 Å². The Labute approximate surface area is 174 Å². The van der Waals surface area contributed by atoms with Crippen LogP contribution >= 0.6 is 11.6 Å². The molecule has 0 bridgehead atoms. The molecule has 0 atom stereocenters. The third-order valence-corrected chi connectivity index (χ3v) is 4.90. The van der Waals surface area contributed by atoms with Gasteiger partial charge in [0.05, 0.1) is 11.6 Å². The van der Waals surface area contributed by atoms with Crippen molar-refractivity contribution >= 4 is 23.5 Å². The highest BCUT2D eigenvalue weighted by Crippen LogP contribution is 2.25. The number of esters is 2. The van der Waals surface area contributed by atoms with Crippen LogP contribution in [0.5, 0.6) is 5.75 Å². The number of ether oxygens (including phenoxy) is 2. The molecule has 0 saturated heterocycles. The number of unbranched alkanes of at least 4 members (excludes halogenated alkanes) is 8. The van der Waals surface area contributed by atoms with E-state index in [1.165, 1.54) is 12.8 Å². The summed E-state index contributed by atoms with van der Waals surface area (Å²) in [6.07, 6.45) is 11.2. The molecule has 0 saturated carbocycles. The lowest BCUT2D eigenvalue weighted by Crippen LogP contribution is -2.08. The Morgan fingerprint density at radius 1 is 0.857 bits per heavy atom. The van der Waals surface area contributed by atoms with Gasteiger partial charge in [-0.05, 0) is 43.9 Å². The molecule has 4 nitrogen and oxygen atoms in total. The van der Waals surface area contributed by atoms with Gasteiger partial charge in [-0.15, -0.1) is 0 Å². The highest BCUT2D eigenvalue weighted by atomic mass is 35.5. The molecular weight excluding hydrogens is 376 g/mol. The number of halogens is 1. The summed E-state index contributed by atoms with van der Waals surface area (Å²) in [5.41, 5.74) is 1.01. The number of hydrogen-bond acceptors (Lipinski definition) is 4. The predicted molar refractivity (Wildman–Crippen MR) is 114 cm³/mol. The Morgan fingerprint density at radius 2 is 1.46 bits per heavy atom. The largest absolute Gasteiger partial charge is 0.466 e. The van der Waals surface area contributed by atoms with Crippen molar-refractivity contribution in [2.24, 2.45) is 0 Å². The van der Waals surface area contributed by atoms with Crippen LogP contribution < -0.4 is 4.74 Å². The Morgan fingerprint density at radius 3 is 2.14 bits per heavy atom. The van der Waals surface area contributed by atoms with E-state index in [2.05, 4.69) is 6.92 Å². The van der Waals surface area contributed by atoms with Crippen molar-refractivity contribution in [3.63, 3.8) is 0 Å². The van der Waals surface area contributed by atoms with Crippen molar-refractivity contribution in [2.45, 2.75) is 90.9 Å². The normalized spacial score (nSPS) is 10.7. The number of benzene rings is 1. The maximum atomic E-state index is 11.9. The first kappa shape index (κ1) is 24.5. The average molecular weight is 411 g/mol. The molecule has 0 radical (unpaired) electrons. The quantitative estimate of drug-likeness (QED) is 0.181. The lowest BCUT2D eigenvalue weighted by atomic mass is 10.1. The summed E-state index contributed by atoms with van der Waals surface area (Å²) in [6, 6.07) is 5.39. The zero-order valence-electron chi connectivity index (χ0n) is 17.4. The fraction of sp³-hybridized carbons (Fsp3) is 0.652. The Bertz CT molecular complexity index is 586. The first-order valence-electron chi connectivity index (χ1n) is 10.7. The van der Waals surface area contributed by atoms with Gasteiger partial charge in [-0.1, -0.05) is 69.5 Å². The summed E-state index contributed by atoms with van der Waals surface area (Å²) in [5.74, 6) is 0.118. The van der Waals surface area contributed by atoms with Gasteiger partial charge in [0.25, 0.3) is 0 Å². The molecular formula is C23H35ClO4. The number of rotatable bonds is 15. The number of aryl methyl sites for hydroxylation is 1. The molecule has 28 heavy (non-hydrogen) atoms. The van der Waals surface area contributed by atoms with E-state index >= 15 is 0 Å². The minimum Gasteiger partial charge on any atom is -0.466 e. The summed E-state index contributed by atoms with van der Waals surface area (Å²) < 4.78 is 10.6. The summed E-state index contributed by atoms with van der Waals surface area (Å²) in [4.78, 5) is 23.5. The van der Waals surface area contributed by atoms with E-state index in [1.807, 2.05) is 13.0 Å². The second-order valence-corrected chi connectivity index (χ2v) is 7.72. The van der Waals surface area contributed by atoms with E-state index in [9.17, 15) is 9.59 Å². The van der Waals surface area contributed by atoms with Crippen LogP contribution in [0.15, 0.2) is 18.2 Å². The molecule has 0 unspecified atom stereocenters. The minimum atomic E-state index is -0.241. The lowest BCUT2D eigenvalue weighted by Gasteiger charge is -2.07. The van der Waals surface area contributed by atoms with Crippen LogP contribution in [0.25, 0.3) is 0 Å². The molecule has 0 aromatic heterocycles. The molecule has 1 aromatic carbocycles. The molecule has 0 spiro atoms. The van der Waals surface area contributed by atoms with E-state index in [0.29, 0.717) is 30.2 Å². The summed E-state index contributed by atoms with van der Waals surface area (Å²) >= 11 is 6.03. The molecule has 0 aliphatic rings. The van der Waals surface area contributed by atoms with Crippen LogP contribution in [0.3, 0.4) is 0 Å². The Hall–Kier alpha value is -1.55. The average Bonchev–Trinajstić information content (AvgIpc) is 2.66. The van der Waals surface area contributed by atoms with Gasteiger partial charge < -0.3 is 9.47 Å². The molecule has 1 aromatic rings. The molecule has 0 heterocycles. The number of hydrogen-bond donors (Lipinski definition) is 0. The zero-order valence-corrected chi connectivity index (χ0v) is 18.2. The lowest BCUT2D eigenvalue weighted by molar-refractivity contribution is -0.144. The van der Waals surface area contributed by atoms with E-state index in [1.54, 1.807) is 12.1 Å². The van der Waals surface area contributed by atoms with Gasteiger partial charge in [0.2, 0.25) is 0 Å². The van der Waals surface area contributed by atoms with Crippen LogP contribution in [-0.2, 0) is 14.3 Å². The van der Waals surface area contributed by atoms with Gasteiger partial charge in [-0.3, -0.25) is 9.59 Å². The van der Waals surface area contributed by atoms with Gasteiger partial charge in [0.15, 0.2) is 0 Å². The van der Waals surface area contributed by atoms with Crippen molar-refractivity contribution < 1.29 is 19.1 Å². The van der Waals surface area contributed by atoms with E-state index in [4.69, 9.17) is 21.1 Å². The van der Waals surface area contributed by atoms with E-state index in [-0.39, 0.29) is 11.9 Å². The van der Waals surface area contributed by atoms with Crippen molar-refractivity contribution in [1.29, 1.82) is 0 Å². The Kier molecular flexibility index (Phi) is 13.5. The smallest absolute Gasteiger partial charge is 0.311 e. The standard InChI is InChI=1S/C23H35ClO4/c1-3-4-5-12-17-27-22(25)13-10-8-6-7-9-11-14-23(26)28-21-18-19(2)15-16-20(21)24/h15-16,18H,3-14,17H2,1-2H3. The Balaban J connectivity index is 1.96. The summed E-state index contributed by atoms with van der Waals surface area (Å²) in [5, 5.41) is 0.457. The highest BCUT2D eigenvalue weighted by molar-refractivity contribution is 6.32. The topological polar surface area (TPSA) is 52.6 Å². The fourth-order valence-corrected chi connectivity index (χ4v) is 3.05. The SMILES string of the molecule is CCCCCCOC(=O)CCCCCCCCC(=O)Oc1cc(C)ccc1Cl. The van der Waals surface area contributed by atoms with E-state index < -0.39 is 0 Å².